The summed E-state index contributed by atoms with van der Waals surface area (Å²) < 4.78 is 0. The maximum Gasteiger partial charge on any atom is 0.151 e. The van der Waals surface area contributed by atoms with Crippen molar-refractivity contribution in [1.82, 2.24) is 0 Å². The highest BCUT2D eigenvalue weighted by atomic mass is 32.1. The molecule has 144 valence electrons. The van der Waals surface area contributed by atoms with E-state index in [4.69, 9.17) is 40.9 Å². The second-order valence-electron chi connectivity index (χ2n) is 4.72. The molecule has 0 amide bonds. The third-order valence-corrected chi connectivity index (χ3v) is 3.78. The zero-order valence-electron chi connectivity index (χ0n) is 12.5. The molecule has 0 saturated carbocycles. The van der Waals surface area contributed by atoms with Crippen molar-refractivity contribution in [1.29, 1.82) is 0 Å². The van der Waals surface area contributed by atoms with Crippen LogP contribution in [0.2, 0.25) is 0 Å². The van der Waals surface area contributed by atoms with E-state index in [0.717, 1.165) is 0 Å². The van der Waals surface area contributed by atoms with Gasteiger partial charge >= 0.3 is 0 Å². The van der Waals surface area contributed by atoms with Crippen LogP contribution in [0.25, 0.3) is 0 Å². The molecule has 0 aliphatic rings. The van der Waals surface area contributed by atoms with E-state index in [1.165, 1.54) is 0 Å². The van der Waals surface area contributed by atoms with Gasteiger partial charge in [0.1, 0.15) is 24.4 Å². The number of aliphatic hydroxyl groups excluding tert-OH is 8. The molecule has 0 aliphatic heterocycles. The molecule has 0 aromatic rings. The van der Waals surface area contributed by atoms with Gasteiger partial charge in [-0.2, -0.15) is 25.3 Å². The number of carbonyl (C=O) groups is 2. The summed E-state index contributed by atoms with van der Waals surface area (Å²) in [5.74, 6) is 0. The second kappa shape index (κ2) is 13.9. The molecule has 0 aliphatic carbocycles. The highest BCUT2D eigenvalue weighted by Gasteiger charge is 2.29. The van der Waals surface area contributed by atoms with Gasteiger partial charge in [0.25, 0.3) is 0 Å². The molecular formula is C12H24O10S2. The summed E-state index contributed by atoms with van der Waals surface area (Å²) in [5, 5.41) is 68.9. The summed E-state index contributed by atoms with van der Waals surface area (Å²) >= 11 is 7.42. The summed E-state index contributed by atoms with van der Waals surface area (Å²) in [6, 6.07) is 0. The fourth-order valence-electron chi connectivity index (χ4n) is 1.24. The zero-order valence-corrected chi connectivity index (χ0v) is 14.3. The maximum absolute atomic E-state index is 9.95. The van der Waals surface area contributed by atoms with Gasteiger partial charge in [0.05, 0.1) is 35.9 Å². The standard InChI is InChI=1S/2C6H12O5S/c2*7-1-3(9)5(10)6(11)4(12)2-8/h2*1,3-6,8-12H,2H2/t3-,4+,5+,6+;3-,4-,5-,6-/m01/s1. The van der Waals surface area contributed by atoms with Crippen LogP contribution in [0, 0.1) is 0 Å². The van der Waals surface area contributed by atoms with Crippen LogP contribution >= 0.6 is 25.3 Å². The monoisotopic (exact) mass is 392 g/mol. The van der Waals surface area contributed by atoms with E-state index in [-0.39, 0.29) is 12.6 Å². The first-order chi connectivity index (χ1) is 11.1. The Morgan fingerprint density at radius 1 is 0.625 bits per heavy atom. The Kier molecular flexibility index (Phi) is 15.1. The Hall–Kier alpha value is -0.280. The summed E-state index contributed by atoms with van der Waals surface area (Å²) in [6.07, 6.45) is -9.19. The van der Waals surface area contributed by atoms with Gasteiger partial charge in [-0.1, -0.05) is 0 Å². The SMILES string of the molecule is O=C[C@@H](O)[C@@H](O)[C@H](O)[C@H](S)CO.O=C[C@H](O)[C@@H](O)[C@H](O)[C@H](S)CO. The lowest BCUT2D eigenvalue weighted by atomic mass is 10.1. The van der Waals surface area contributed by atoms with E-state index in [9.17, 15) is 9.59 Å². The first-order valence-electron chi connectivity index (χ1n) is 6.65. The first-order valence-corrected chi connectivity index (χ1v) is 7.69. The summed E-state index contributed by atoms with van der Waals surface area (Å²) in [4.78, 5) is 19.9. The van der Waals surface area contributed by atoms with Gasteiger partial charge in [-0.15, -0.1) is 0 Å². The third kappa shape index (κ3) is 9.27. The van der Waals surface area contributed by atoms with Crippen LogP contribution in [0.3, 0.4) is 0 Å². The quantitative estimate of drug-likeness (QED) is 0.127. The largest absolute Gasteiger partial charge is 0.395 e. The van der Waals surface area contributed by atoms with Crippen LogP contribution in [-0.2, 0) is 9.59 Å². The lowest BCUT2D eigenvalue weighted by Crippen LogP contribution is -2.44. The smallest absolute Gasteiger partial charge is 0.151 e. The van der Waals surface area contributed by atoms with Gasteiger partial charge in [-0.25, -0.2) is 0 Å². The summed E-state index contributed by atoms with van der Waals surface area (Å²) in [7, 11) is 0. The minimum Gasteiger partial charge on any atom is -0.395 e. The fourth-order valence-corrected chi connectivity index (χ4v) is 1.59. The zero-order chi connectivity index (χ0) is 19.4. The Bertz CT molecular complexity index is 316. The van der Waals surface area contributed by atoms with E-state index in [1.807, 2.05) is 0 Å². The van der Waals surface area contributed by atoms with Gasteiger partial charge < -0.3 is 50.4 Å². The lowest BCUT2D eigenvalue weighted by molar-refractivity contribution is -0.126. The molecule has 12 heteroatoms. The molecule has 8 N–H and O–H groups in total. The molecule has 0 aromatic carbocycles. The van der Waals surface area contributed by atoms with Gasteiger partial charge in [0.15, 0.2) is 12.6 Å². The van der Waals surface area contributed by atoms with E-state index >= 15 is 0 Å². The molecule has 0 bridgehead atoms. The number of carbonyl (C=O) groups excluding carboxylic acids is 2. The van der Waals surface area contributed by atoms with Gasteiger partial charge in [-0.05, 0) is 0 Å². The van der Waals surface area contributed by atoms with Crippen molar-refractivity contribution in [2.45, 2.75) is 47.1 Å². The number of aldehydes is 2. The topological polar surface area (TPSA) is 196 Å². The molecule has 10 nitrogen and oxygen atoms in total. The molecule has 0 radical (unpaired) electrons. The highest BCUT2D eigenvalue weighted by molar-refractivity contribution is 7.81. The van der Waals surface area contributed by atoms with Crippen LogP contribution < -0.4 is 0 Å². The molecule has 0 heterocycles. The molecular weight excluding hydrogens is 368 g/mol. The van der Waals surface area contributed by atoms with Gasteiger partial charge in [-0.3, -0.25) is 0 Å². The van der Waals surface area contributed by atoms with Crippen molar-refractivity contribution in [3.8, 4) is 0 Å². The van der Waals surface area contributed by atoms with Crippen molar-refractivity contribution >= 4 is 37.8 Å². The second-order valence-corrected chi connectivity index (χ2v) is 6.04. The molecule has 24 heavy (non-hydrogen) atoms. The molecule has 0 aromatic heterocycles. The summed E-state index contributed by atoms with van der Waals surface area (Å²) in [5.41, 5.74) is 0. The lowest BCUT2D eigenvalue weighted by Gasteiger charge is -2.22. The Labute approximate surface area is 149 Å². The van der Waals surface area contributed by atoms with Crippen LogP contribution in [0.1, 0.15) is 0 Å². The minimum atomic E-state index is -1.65. The van der Waals surface area contributed by atoms with Crippen LogP contribution in [0.4, 0.5) is 0 Å². The Balaban J connectivity index is 0. The van der Waals surface area contributed by atoms with Crippen molar-refractivity contribution in [3.05, 3.63) is 0 Å². The number of thiol groups is 2. The average Bonchev–Trinajstić information content (AvgIpc) is 2.62. The number of hydrogen-bond donors (Lipinski definition) is 10. The first kappa shape index (κ1) is 26.0. The molecule has 0 fully saturated rings. The minimum absolute atomic E-state index is 0.103. The van der Waals surface area contributed by atoms with E-state index in [1.54, 1.807) is 0 Å². The molecule has 0 unspecified atom stereocenters. The van der Waals surface area contributed by atoms with Crippen molar-refractivity contribution in [3.63, 3.8) is 0 Å². The van der Waals surface area contributed by atoms with Crippen LogP contribution in [0.5, 0.6) is 0 Å². The molecule has 0 spiro atoms. The van der Waals surface area contributed by atoms with E-state index in [0.29, 0.717) is 0 Å². The van der Waals surface area contributed by atoms with Crippen molar-refractivity contribution in [2.24, 2.45) is 0 Å². The van der Waals surface area contributed by atoms with E-state index < -0.39 is 60.3 Å². The van der Waals surface area contributed by atoms with Crippen molar-refractivity contribution in [2.75, 3.05) is 13.2 Å². The Morgan fingerprint density at radius 2 is 0.875 bits per heavy atom. The predicted octanol–water partition coefficient (Wildman–Crippen LogP) is -4.88. The molecule has 0 saturated heterocycles. The number of hydrogen-bond acceptors (Lipinski definition) is 12. The normalized spacial score (nSPS) is 21.1. The van der Waals surface area contributed by atoms with Crippen LogP contribution in [0.15, 0.2) is 0 Å². The van der Waals surface area contributed by atoms with Crippen LogP contribution in [-0.4, -0.2) is 114 Å². The fraction of sp³-hybridized carbons (Fsp3) is 0.833. The third-order valence-electron chi connectivity index (χ3n) is 2.84. The predicted molar refractivity (Wildman–Crippen MR) is 87.9 cm³/mol. The average molecular weight is 392 g/mol. The van der Waals surface area contributed by atoms with Gasteiger partial charge in [0.2, 0.25) is 0 Å². The van der Waals surface area contributed by atoms with Crippen molar-refractivity contribution < 1.29 is 50.4 Å². The summed E-state index contributed by atoms with van der Waals surface area (Å²) in [6.45, 7) is -0.903. The Morgan fingerprint density at radius 3 is 1.04 bits per heavy atom. The maximum atomic E-state index is 9.95. The number of aliphatic hydroxyl groups is 8. The van der Waals surface area contributed by atoms with Gasteiger partial charge in [0, 0.05) is 0 Å². The number of rotatable bonds is 10. The molecule has 8 atom stereocenters. The highest BCUT2D eigenvalue weighted by Crippen LogP contribution is 2.09. The molecule has 0 rings (SSSR count). The van der Waals surface area contributed by atoms with E-state index in [2.05, 4.69) is 25.3 Å².